The number of benzene rings is 2. The van der Waals surface area contributed by atoms with Crippen molar-refractivity contribution in [1.29, 1.82) is 0 Å². The molecule has 0 aliphatic rings. The van der Waals surface area contributed by atoms with Gasteiger partial charge in [-0.3, -0.25) is 14.9 Å². The molecule has 27 heavy (non-hydrogen) atoms. The van der Waals surface area contributed by atoms with Gasteiger partial charge in [0, 0.05) is 31.9 Å². The first-order chi connectivity index (χ1) is 12.7. The number of carbonyl (C=O) groups is 2. The lowest BCUT2D eigenvalue weighted by atomic mass is 10.1. The minimum atomic E-state index is -0.807. The van der Waals surface area contributed by atoms with Gasteiger partial charge >= 0.3 is 5.97 Å². The van der Waals surface area contributed by atoms with E-state index >= 15 is 0 Å². The molecule has 1 N–H and O–H groups in total. The highest BCUT2D eigenvalue weighted by atomic mass is 16.6. The zero-order valence-corrected chi connectivity index (χ0v) is 15.6. The number of hydrogen-bond acceptors (Lipinski definition) is 6. The number of non-ortho nitro benzene ring substituents is 1. The van der Waals surface area contributed by atoms with Gasteiger partial charge in [-0.1, -0.05) is 17.7 Å². The second-order valence-corrected chi connectivity index (χ2v) is 6.30. The fourth-order valence-corrected chi connectivity index (χ4v) is 2.54. The van der Waals surface area contributed by atoms with Crippen LogP contribution in [0.3, 0.4) is 0 Å². The van der Waals surface area contributed by atoms with Gasteiger partial charge in [-0.25, -0.2) is 4.79 Å². The van der Waals surface area contributed by atoms with Gasteiger partial charge in [0.1, 0.15) is 0 Å². The van der Waals surface area contributed by atoms with Gasteiger partial charge < -0.3 is 15.0 Å². The number of nitrogens with zero attached hydrogens (tertiary/aromatic N) is 2. The number of hydrogen-bond donors (Lipinski definition) is 1. The van der Waals surface area contributed by atoms with E-state index in [1.165, 1.54) is 12.1 Å². The number of anilines is 2. The number of ether oxygens (including phenoxy) is 1. The summed E-state index contributed by atoms with van der Waals surface area (Å²) in [4.78, 5) is 36.4. The fourth-order valence-electron chi connectivity index (χ4n) is 2.54. The molecule has 2 rings (SSSR count). The van der Waals surface area contributed by atoms with Gasteiger partial charge in [-0.2, -0.15) is 0 Å². The topological polar surface area (TPSA) is 102 Å². The summed E-state index contributed by atoms with van der Waals surface area (Å²) in [5.74, 6) is -1.30. The number of nitrogens with one attached hydrogen (secondary N) is 1. The quantitative estimate of drug-likeness (QED) is 0.476. The molecule has 0 atom stereocenters. The summed E-state index contributed by atoms with van der Waals surface area (Å²) in [6.45, 7) is 3.31. The number of amides is 1. The summed E-state index contributed by atoms with van der Waals surface area (Å²) >= 11 is 0. The van der Waals surface area contributed by atoms with Crippen LogP contribution in [0.4, 0.5) is 17.1 Å². The van der Waals surface area contributed by atoms with Crippen molar-refractivity contribution in [3.63, 3.8) is 0 Å². The largest absolute Gasteiger partial charge is 0.452 e. The Labute approximate surface area is 156 Å². The minimum absolute atomic E-state index is 0.0218. The standard InChI is InChI=1S/C19H21N3O5/c1-12-5-7-16(13(2)9-12)20-18(23)11-27-19(24)15-10-14(22(25)26)6-8-17(15)21(3)4/h5-10H,11H2,1-4H3,(H,20,23). The van der Waals surface area contributed by atoms with Crippen molar-refractivity contribution < 1.29 is 19.2 Å². The maximum atomic E-state index is 12.4. The Morgan fingerprint density at radius 3 is 2.44 bits per heavy atom. The van der Waals surface area contributed by atoms with Crippen LogP contribution in [0.1, 0.15) is 21.5 Å². The third-order valence-corrected chi connectivity index (χ3v) is 3.88. The average molecular weight is 371 g/mol. The molecule has 2 aromatic carbocycles. The van der Waals surface area contributed by atoms with E-state index in [4.69, 9.17) is 4.74 Å². The van der Waals surface area contributed by atoms with Gasteiger partial charge in [-0.05, 0) is 31.5 Å². The predicted octanol–water partition coefficient (Wildman–Crippen LogP) is 3.07. The molecule has 0 saturated heterocycles. The molecule has 0 unspecified atom stereocenters. The summed E-state index contributed by atoms with van der Waals surface area (Å²) in [7, 11) is 3.40. The highest BCUT2D eigenvalue weighted by Crippen LogP contribution is 2.25. The van der Waals surface area contributed by atoms with E-state index in [1.807, 2.05) is 26.0 Å². The van der Waals surface area contributed by atoms with E-state index in [0.717, 1.165) is 17.2 Å². The van der Waals surface area contributed by atoms with Crippen LogP contribution in [0.2, 0.25) is 0 Å². The SMILES string of the molecule is Cc1ccc(NC(=O)COC(=O)c2cc([N+](=O)[O-])ccc2N(C)C)c(C)c1. The monoisotopic (exact) mass is 371 g/mol. The maximum Gasteiger partial charge on any atom is 0.341 e. The van der Waals surface area contributed by atoms with Crippen molar-refractivity contribution in [2.24, 2.45) is 0 Å². The van der Waals surface area contributed by atoms with E-state index in [0.29, 0.717) is 11.4 Å². The average Bonchev–Trinajstić information content (AvgIpc) is 2.61. The Morgan fingerprint density at radius 2 is 1.85 bits per heavy atom. The van der Waals surface area contributed by atoms with Gasteiger partial charge in [0.15, 0.2) is 6.61 Å². The number of rotatable bonds is 6. The first-order valence-corrected chi connectivity index (χ1v) is 8.19. The Hall–Kier alpha value is -3.42. The molecule has 0 aromatic heterocycles. The van der Waals surface area contributed by atoms with Crippen LogP contribution in [-0.2, 0) is 9.53 Å². The van der Waals surface area contributed by atoms with E-state index in [2.05, 4.69) is 5.32 Å². The molecule has 2 aromatic rings. The van der Waals surface area contributed by atoms with Crippen molar-refractivity contribution in [1.82, 2.24) is 0 Å². The molecule has 0 radical (unpaired) electrons. The smallest absolute Gasteiger partial charge is 0.341 e. The fraction of sp³-hybridized carbons (Fsp3) is 0.263. The molecule has 0 aliphatic carbocycles. The van der Waals surface area contributed by atoms with Crippen molar-refractivity contribution >= 4 is 28.9 Å². The van der Waals surface area contributed by atoms with Crippen LogP contribution in [0, 0.1) is 24.0 Å². The Morgan fingerprint density at radius 1 is 1.15 bits per heavy atom. The third-order valence-electron chi connectivity index (χ3n) is 3.88. The molecule has 0 aliphatic heterocycles. The molecule has 1 amide bonds. The predicted molar refractivity (Wildman–Crippen MR) is 102 cm³/mol. The highest BCUT2D eigenvalue weighted by Gasteiger charge is 2.20. The van der Waals surface area contributed by atoms with Crippen LogP contribution < -0.4 is 10.2 Å². The summed E-state index contributed by atoms with van der Waals surface area (Å²) < 4.78 is 5.05. The molecule has 0 saturated carbocycles. The lowest BCUT2D eigenvalue weighted by Gasteiger charge is -2.16. The van der Waals surface area contributed by atoms with Gasteiger partial charge in [-0.15, -0.1) is 0 Å². The zero-order valence-electron chi connectivity index (χ0n) is 15.6. The molecule has 142 valence electrons. The molecule has 0 bridgehead atoms. The molecular formula is C19H21N3O5. The van der Waals surface area contributed by atoms with E-state index < -0.39 is 23.4 Å². The number of esters is 1. The molecule has 0 spiro atoms. The Balaban J connectivity index is 2.09. The lowest BCUT2D eigenvalue weighted by molar-refractivity contribution is -0.384. The van der Waals surface area contributed by atoms with Crippen LogP contribution in [0.25, 0.3) is 0 Å². The van der Waals surface area contributed by atoms with Crippen LogP contribution >= 0.6 is 0 Å². The van der Waals surface area contributed by atoms with Crippen molar-refractivity contribution in [3.05, 3.63) is 63.2 Å². The number of nitro benzene ring substituents is 1. The highest BCUT2D eigenvalue weighted by molar-refractivity contribution is 5.99. The van der Waals surface area contributed by atoms with Gasteiger partial charge in [0.2, 0.25) is 0 Å². The summed E-state index contributed by atoms with van der Waals surface area (Å²) in [5, 5.41) is 13.6. The number of carbonyl (C=O) groups excluding carboxylic acids is 2. The normalized spacial score (nSPS) is 10.2. The second kappa shape index (κ2) is 8.31. The molecule has 0 fully saturated rings. The van der Waals surface area contributed by atoms with Crippen LogP contribution in [0.5, 0.6) is 0 Å². The van der Waals surface area contributed by atoms with E-state index in [-0.39, 0.29) is 11.3 Å². The lowest BCUT2D eigenvalue weighted by Crippen LogP contribution is -2.22. The molecule has 8 heteroatoms. The molecule has 8 nitrogen and oxygen atoms in total. The Bertz CT molecular complexity index is 893. The van der Waals surface area contributed by atoms with Crippen LogP contribution in [0.15, 0.2) is 36.4 Å². The summed E-state index contributed by atoms with van der Waals surface area (Å²) in [5.41, 5.74) is 2.84. The number of nitro groups is 1. The van der Waals surface area contributed by atoms with Crippen molar-refractivity contribution in [2.45, 2.75) is 13.8 Å². The van der Waals surface area contributed by atoms with Crippen molar-refractivity contribution in [2.75, 3.05) is 30.9 Å². The van der Waals surface area contributed by atoms with E-state index in [9.17, 15) is 19.7 Å². The zero-order chi connectivity index (χ0) is 20.1. The first-order valence-electron chi connectivity index (χ1n) is 8.19. The Kier molecular flexibility index (Phi) is 6.12. The second-order valence-electron chi connectivity index (χ2n) is 6.30. The van der Waals surface area contributed by atoms with Crippen LogP contribution in [-0.4, -0.2) is 37.5 Å². The maximum absolute atomic E-state index is 12.4. The van der Waals surface area contributed by atoms with Crippen molar-refractivity contribution in [3.8, 4) is 0 Å². The first kappa shape index (κ1) is 19.9. The van der Waals surface area contributed by atoms with E-state index in [1.54, 1.807) is 25.1 Å². The summed E-state index contributed by atoms with van der Waals surface area (Å²) in [6.07, 6.45) is 0. The molecule has 0 heterocycles. The summed E-state index contributed by atoms with van der Waals surface area (Å²) in [6, 6.07) is 9.47. The third kappa shape index (κ3) is 5.04. The number of aryl methyl sites for hydroxylation is 2. The van der Waals surface area contributed by atoms with Gasteiger partial charge in [0.05, 0.1) is 16.2 Å². The molecular weight excluding hydrogens is 350 g/mol. The minimum Gasteiger partial charge on any atom is -0.452 e. The van der Waals surface area contributed by atoms with Gasteiger partial charge in [0.25, 0.3) is 11.6 Å².